The average molecular weight is 946 g/mol. The third kappa shape index (κ3) is 24.8. The number of carboxylic acid groups (broad SMARTS) is 3. The monoisotopic (exact) mass is 945 g/mol. The zero-order chi connectivity index (χ0) is 48.5. The number of hydrogen-bond donors (Lipinski definition) is 7. The molecule has 3 aromatic rings. The van der Waals surface area contributed by atoms with Crippen molar-refractivity contribution in [3.63, 3.8) is 0 Å². The number of benzene rings is 3. The summed E-state index contributed by atoms with van der Waals surface area (Å²) in [6, 6.07) is 21.3. The van der Waals surface area contributed by atoms with Crippen LogP contribution in [0.25, 0.3) is 0 Å². The lowest BCUT2D eigenvalue weighted by Crippen LogP contribution is -2.42. The molecule has 0 bridgehead atoms. The van der Waals surface area contributed by atoms with Gasteiger partial charge in [-0.15, -0.1) is 0 Å². The maximum atomic E-state index is 10.3. The number of ether oxygens (including phenoxy) is 6. The highest BCUT2D eigenvalue weighted by atomic mass is 16.5. The minimum absolute atomic E-state index is 0.214. The van der Waals surface area contributed by atoms with E-state index in [4.69, 9.17) is 48.8 Å². The lowest BCUT2D eigenvalue weighted by Gasteiger charge is -2.26. The first-order valence-electron chi connectivity index (χ1n) is 22.9. The van der Waals surface area contributed by atoms with Gasteiger partial charge in [-0.05, 0) is 94.6 Å². The first-order valence-corrected chi connectivity index (χ1v) is 22.9. The number of carbonyl (C=O) groups is 3. The molecule has 0 amide bonds. The van der Waals surface area contributed by atoms with Gasteiger partial charge in [-0.2, -0.15) is 0 Å². The van der Waals surface area contributed by atoms with Crippen molar-refractivity contribution < 1.29 is 78.6 Å². The van der Waals surface area contributed by atoms with Crippen molar-refractivity contribution in [1.82, 2.24) is 14.7 Å². The normalized spacial score (nSPS) is 15.5. The molecule has 0 radical (unpaired) electrons. The Labute approximate surface area is 392 Å². The van der Waals surface area contributed by atoms with Gasteiger partial charge < -0.3 is 64.2 Å². The van der Waals surface area contributed by atoms with Crippen LogP contribution in [-0.2, 0) is 28.6 Å². The first kappa shape index (κ1) is 55.9. The van der Waals surface area contributed by atoms with Gasteiger partial charge >= 0.3 is 17.9 Å². The number of aromatic hydroxyl groups is 3. The molecule has 67 heavy (non-hydrogen) atoms. The van der Waals surface area contributed by atoms with Gasteiger partial charge in [-0.3, -0.25) is 24.3 Å². The predicted molar refractivity (Wildman–Crippen MR) is 247 cm³/mol. The van der Waals surface area contributed by atoms with Gasteiger partial charge in [0.15, 0.2) is 40.1 Å². The maximum absolute atomic E-state index is 10.3. The number of phenolic OH excluding ortho intramolecular Hbond substituents is 3. The second kappa shape index (κ2) is 33.1. The Morgan fingerprint density at radius 3 is 0.970 bits per heavy atom. The van der Waals surface area contributed by atoms with Crippen LogP contribution in [0.1, 0.15) is 51.4 Å². The second-order valence-electron chi connectivity index (χ2n) is 15.9. The number of rotatable bonds is 23. The zero-order valence-electron chi connectivity index (χ0n) is 38.5. The summed E-state index contributed by atoms with van der Waals surface area (Å²) in [4.78, 5) is 37.7. The molecule has 3 heterocycles. The molecule has 3 saturated heterocycles. The fourth-order valence-electron chi connectivity index (χ4n) is 6.78. The van der Waals surface area contributed by atoms with Gasteiger partial charge in [0.05, 0.1) is 72.3 Å². The van der Waals surface area contributed by atoms with Crippen molar-refractivity contribution in [2.24, 2.45) is 0 Å². The predicted octanol–water partition coefficient (Wildman–Crippen LogP) is 4.40. The fourth-order valence-corrected chi connectivity index (χ4v) is 6.78. The summed E-state index contributed by atoms with van der Waals surface area (Å²) < 4.78 is 32.5. The molecule has 0 aliphatic carbocycles. The highest BCUT2D eigenvalue weighted by Crippen LogP contribution is 2.26. The molecule has 3 aliphatic heterocycles. The molecule has 7 N–H and O–H groups in total. The number of morpholine rings is 3. The summed E-state index contributed by atoms with van der Waals surface area (Å²) >= 11 is 0. The summed E-state index contributed by atoms with van der Waals surface area (Å²) in [5, 5.41) is 62.4. The molecule has 3 aliphatic rings. The van der Waals surface area contributed by atoms with Crippen molar-refractivity contribution in [3.05, 3.63) is 72.8 Å². The van der Waals surface area contributed by atoms with E-state index >= 15 is 0 Å². The van der Waals surface area contributed by atoms with Crippen molar-refractivity contribution in [2.75, 3.05) is 118 Å². The van der Waals surface area contributed by atoms with Crippen LogP contribution in [0.15, 0.2) is 72.8 Å². The van der Waals surface area contributed by atoms with E-state index in [-0.39, 0.29) is 17.2 Å². The minimum atomic E-state index is -2.74. The standard InChI is InChI=1S/3C14H21NO3.C6H8O7/c3*16-13-5-1-2-6-14(13)18-10-4-3-7-15-8-11-17-12-9-15;7-3(8)1-6(13,5(11)12)2-4(9)10/h3*1-2,5-6,16H,3-4,7-12H2;13H,1-2H2,(H,7,8)(H,9,10)(H,11,12). The summed E-state index contributed by atoms with van der Waals surface area (Å²) in [6.07, 6.45) is 4.08. The molecule has 3 aromatic carbocycles. The Morgan fingerprint density at radius 1 is 0.463 bits per heavy atom. The van der Waals surface area contributed by atoms with Crippen LogP contribution in [-0.4, -0.2) is 192 Å². The Balaban J connectivity index is 0.000000239. The van der Waals surface area contributed by atoms with E-state index in [0.717, 1.165) is 137 Å². The van der Waals surface area contributed by atoms with Crippen LogP contribution in [0, 0.1) is 0 Å². The first-order chi connectivity index (χ1) is 32.4. The Bertz CT molecular complexity index is 1640. The molecule has 19 heteroatoms. The number of nitrogens with zero attached hydrogens (tertiary/aromatic N) is 3. The van der Waals surface area contributed by atoms with E-state index in [0.29, 0.717) is 37.1 Å². The van der Waals surface area contributed by atoms with Crippen LogP contribution < -0.4 is 14.2 Å². The third-order valence-electron chi connectivity index (χ3n) is 10.6. The van der Waals surface area contributed by atoms with Crippen LogP contribution >= 0.6 is 0 Å². The van der Waals surface area contributed by atoms with Gasteiger partial charge in [0.2, 0.25) is 0 Å². The van der Waals surface area contributed by atoms with Crippen molar-refractivity contribution in [3.8, 4) is 34.5 Å². The molecule has 0 spiro atoms. The Morgan fingerprint density at radius 2 is 0.731 bits per heavy atom. The summed E-state index contributed by atoms with van der Waals surface area (Å²) in [7, 11) is 0. The number of hydrogen-bond acceptors (Lipinski definition) is 16. The van der Waals surface area contributed by atoms with Gasteiger partial charge in [0.25, 0.3) is 0 Å². The number of aliphatic carboxylic acids is 3. The van der Waals surface area contributed by atoms with Crippen LogP contribution in [0.3, 0.4) is 0 Å². The number of aliphatic hydroxyl groups is 1. The molecular weight excluding hydrogens is 875 g/mol. The van der Waals surface area contributed by atoms with Gasteiger partial charge in [0, 0.05) is 39.3 Å². The SMILES string of the molecule is O=C(O)CC(O)(CC(=O)O)C(=O)O.Oc1ccccc1OCCCCN1CCOCC1.Oc1ccccc1OCCCCN1CCOCC1.Oc1ccccc1OCCCCN1CCOCC1. The van der Waals surface area contributed by atoms with Crippen molar-refractivity contribution >= 4 is 17.9 Å². The van der Waals surface area contributed by atoms with E-state index in [1.54, 1.807) is 54.6 Å². The molecule has 6 rings (SSSR count). The largest absolute Gasteiger partial charge is 0.504 e. The van der Waals surface area contributed by atoms with E-state index in [1.165, 1.54) is 0 Å². The maximum Gasteiger partial charge on any atom is 0.336 e. The number of carboxylic acids is 3. The minimum Gasteiger partial charge on any atom is -0.504 e. The lowest BCUT2D eigenvalue weighted by molar-refractivity contribution is -0.170. The van der Waals surface area contributed by atoms with Gasteiger partial charge in [-0.25, -0.2) is 4.79 Å². The molecule has 374 valence electrons. The highest BCUT2D eigenvalue weighted by molar-refractivity contribution is 5.88. The van der Waals surface area contributed by atoms with Crippen LogP contribution in [0.4, 0.5) is 0 Å². The molecule has 0 unspecified atom stereocenters. The smallest absolute Gasteiger partial charge is 0.336 e. The molecule has 0 atom stereocenters. The third-order valence-corrected chi connectivity index (χ3v) is 10.6. The van der Waals surface area contributed by atoms with Crippen molar-refractivity contribution in [2.45, 2.75) is 57.0 Å². The highest BCUT2D eigenvalue weighted by Gasteiger charge is 2.40. The Hall–Kier alpha value is -5.41. The van der Waals surface area contributed by atoms with E-state index in [2.05, 4.69) is 14.7 Å². The van der Waals surface area contributed by atoms with Gasteiger partial charge in [0.1, 0.15) is 0 Å². The van der Waals surface area contributed by atoms with E-state index < -0.39 is 36.4 Å². The summed E-state index contributed by atoms with van der Waals surface area (Å²) in [5.41, 5.74) is -2.74. The van der Waals surface area contributed by atoms with Gasteiger partial charge in [-0.1, -0.05) is 36.4 Å². The molecule has 0 saturated carbocycles. The summed E-state index contributed by atoms with van der Waals surface area (Å²) in [5.74, 6) is -2.66. The van der Waals surface area contributed by atoms with Crippen LogP contribution in [0.5, 0.6) is 34.5 Å². The van der Waals surface area contributed by atoms with E-state index in [1.807, 2.05) is 18.2 Å². The fraction of sp³-hybridized carbons (Fsp3) is 0.562. The second-order valence-corrected chi connectivity index (χ2v) is 15.9. The molecule has 0 aromatic heterocycles. The Kier molecular flexibility index (Phi) is 27.6. The topological polar surface area (TPSA) is 258 Å². The lowest BCUT2D eigenvalue weighted by atomic mass is 9.96. The number of phenols is 3. The molecule has 3 fully saturated rings. The van der Waals surface area contributed by atoms with Crippen molar-refractivity contribution in [1.29, 1.82) is 0 Å². The summed E-state index contributed by atoms with van der Waals surface area (Å²) in [6.45, 7) is 16.7. The number of para-hydroxylation sites is 6. The molecule has 19 nitrogen and oxygen atoms in total. The zero-order valence-corrected chi connectivity index (χ0v) is 38.5. The molecular formula is C48H71N3O16. The average Bonchev–Trinajstić information content (AvgIpc) is 3.31. The quantitative estimate of drug-likeness (QED) is 0.0650. The van der Waals surface area contributed by atoms with Crippen LogP contribution in [0.2, 0.25) is 0 Å². The number of unbranched alkanes of at least 4 members (excludes halogenated alkanes) is 3. The van der Waals surface area contributed by atoms with E-state index in [9.17, 15) is 29.7 Å².